The molecule has 13 heteroatoms. The van der Waals surface area contributed by atoms with Crippen LogP contribution in [0, 0.1) is 10.1 Å². The number of benzene rings is 2. The quantitative estimate of drug-likeness (QED) is 0.392. The van der Waals surface area contributed by atoms with E-state index < -0.39 is 63.0 Å². The molecule has 0 spiro atoms. The molecule has 134 valence electrons. The summed E-state index contributed by atoms with van der Waals surface area (Å²) in [6.45, 7) is 1.03. The number of anilines is 1. The Hall–Kier alpha value is -2.61. The smallest absolute Gasteiger partial charge is 0.297 e. The van der Waals surface area contributed by atoms with Gasteiger partial charge in [0, 0.05) is 18.4 Å². The van der Waals surface area contributed by atoms with Crippen LogP contribution in [0.15, 0.2) is 34.1 Å². The molecule has 0 aromatic heterocycles. The van der Waals surface area contributed by atoms with Gasteiger partial charge in [-0.25, -0.2) is 0 Å². The molecule has 0 saturated carbocycles. The molecular weight excluding hydrogens is 380 g/mol. The Bertz CT molecular complexity index is 1120. The number of fused-ring (bicyclic) bond motifs is 1. The normalized spacial score (nSPS) is 12.1. The molecule has 2 aromatic rings. The van der Waals surface area contributed by atoms with E-state index in [0.29, 0.717) is 6.07 Å². The second kappa shape index (κ2) is 6.03. The Morgan fingerprint density at radius 2 is 1.68 bits per heavy atom. The second-order valence-corrected chi connectivity index (χ2v) is 7.58. The number of nitro groups is 1. The predicted molar refractivity (Wildman–Crippen MR) is 84.5 cm³/mol. The zero-order valence-corrected chi connectivity index (χ0v) is 14.0. The number of carbonyl (C=O) groups is 1. The zero-order chi connectivity index (χ0) is 19.2. The van der Waals surface area contributed by atoms with Crippen molar-refractivity contribution in [3.05, 3.63) is 34.4 Å². The number of nitro benzene ring substituents is 1. The Labute approximate surface area is 140 Å². The fourth-order valence-corrected chi connectivity index (χ4v) is 3.86. The van der Waals surface area contributed by atoms with Gasteiger partial charge < -0.3 is 5.32 Å². The summed E-state index contributed by atoms with van der Waals surface area (Å²) in [4.78, 5) is 19.6. The van der Waals surface area contributed by atoms with Crippen molar-refractivity contribution in [1.82, 2.24) is 0 Å². The van der Waals surface area contributed by atoms with Crippen molar-refractivity contribution in [2.45, 2.75) is 16.7 Å². The van der Waals surface area contributed by atoms with Crippen molar-refractivity contribution in [3.8, 4) is 0 Å². The monoisotopic (exact) mass is 390 g/mol. The molecule has 25 heavy (non-hydrogen) atoms. The third-order valence-electron chi connectivity index (χ3n) is 3.12. The van der Waals surface area contributed by atoms with Crippen LogP contribution >= 0.6 is 0 Å². The molecule has 0 bridgehead atoms. The number of carbonyl (C=O) groups excluding carboxylic acids is 1. The molecule has 2 aromatic carbocycles. The number of nitrogens with one attached hydrogen (secondary N) is 1. The summed E-state index contributed by atoms with van der Waals surface area (Å²) in [5, 5.41) is 12.0. The van der Waals surface area contributed by atoms with E-state index in [-0.39, 0.29) is 0 Å². The van der Waals surface area contributed by atoms with Gasteiger partial charge in [0.2, 0.25) is 5.91 Å². The molecule has 0 atom stereocenters. The number of rotatable bonds is 4. The van der Waals surface area contributed by atoms with Crippen molar-refractivity contribution >= 4 is 48.3 Å². The van der Waals surface area contributed by atoms with Crippen molar-refractivity contribution in [1.29, 1.82) is 0 Å². The minimum Gasteiger partial charge on any atom is -0.325 e. The van der Waals surface area contributed by atoms with Gasteiger partial charge in [-0.3, -0.25) is 24.0 Å². The molecule has 0 radical (unpaired) electrons. The lowest BCUT2D eigenvalue weighted by Gasteiger charge is -2.13. The van der Waals surface area contributed by atoms with E-state index in [0.717, 1.165) is 25.1 Å². The summed E-state index contributed by atoms with van der Waals surface area (Å²) in [6, 6.07) is 3.29. The fraction of sp³-hybridized carbons (Fsp3) is 0.0833. The molecule has 2 rings (SSSR count). The van der Waals surface area contributed by atoms with E-state index >= 15 is 0 Å². The van der Waals surface area contributed by atoms with Gasteiger partial charge in [0.05, 0.1) is 16.0 Å². The third-order valence-corrected chi connectivity index (χ3v) is 4.97. The number of amides is 1. The summed E-state index contributed by atoms with van der Waals surface area (Å²) in [5.41, 5.74) is -1.33. The lowest BCUT2D eigenvalue weighted by molar-refractivity contribution is -0.383. The molecule has 0 heterocycles. The van der Waals surface area contributed by atoms with E-state index in [9.17, 15) is 40.8 Å². The predicted octanol–water partition coefficient (Wildman–Crippen LogP) is 1.20. The van der Waals surface area contributed by atoms with Gasteiger partial charge in [0.25, 0.3) is 25.9 Å². The highest BCUT2D eigenvalue weighted by molar-refractivity contribution is 7.86. The van der Waals surface area contributed by atoms with Gasteiger partial charge in [0.1, 0.15) is 9.79 Å². The highest BCUT2D eigenvalue weighted by atomic mass is 32.2. The lowest BCUT2D eigenvalue weighted by Crippen LogP contribution is -2.12. The topological polar surface area (TPSA) is 181 Å². The Morgan fingerprint density at radius 1 is 1.08 bits per heavy atom. The summed E-state index contributed by atoms with van der Waals surface area (Å²) in [5.74, 6) is -0.738. The number of non-ortho nitro benzene ring substituents is 1. The molecule has 0 saturated heterocycles. The van der Waals surface area contributed by atoms with Crippen molar-refractivity contribution in [2.75, 3.05) is 5.32 Å². The van der Waals surface area contributed by atoms with Crippen LogP contribution in [-0.4, -0.2) is 36.8 Å². The molecule has 0 fully saturated rings. The van der Waals surface area contributed by atoms with Crippen LogP contribution in [0.1, 0.15) is 6.92 Å². The summed E-state index contributed by atoms with van der Waals surface area (Å²) in [7, 11) is -9.98. The van der Waals surface area contributed by atoms with Crippen LogP contribution in [0.4, 0.5) is 11.4 Å². The molecule has 0 aliphatic heterocycles. The molecule has 0 aliphatic carbocycles. The van der Waals surface area contributed by atoms with E-state index in [4.69, 9.17) is 0 Å². The van der Waals surface area contributed by atoms with Crippen LogP contribution < -0.4 is 5.32 Å². The molecule has 11 nitrogen and oxygen atoms in total. The van der Waals surface area contributed by atoms with Crippen molar-refractivity contribution < 1.29 is 35.7 Å². The standard InChI is InChI=1S/C12H10N2O9S2/c1-6(15)13-8-3-2-7-10(24(18,19)20)5-4-9(14(16)17)11(7)12(8)25(21,22)23/h2-5H,1H3,(H,13,15)(H,18,19,20)(H,21,22,23). The van der Waals surface area contributed by atoms with E-state index in [2.05, 4.69) is 5.32 Å². The SMILES string of the molecule is CC(=O)Nc1ccc2c(S(=O)(=O)O)ccc([N+](=O)[O-])c2c1S(=O)(=O)O. The van der Waals surface area contributed by atoms with Crippen molar-refractivity contribution in [2.24, 2.45) is 0 Å². The van der Waals surface area contributed by atoms with E-state index in [1.165, 1.54) is 0 Å². The van der Waals surface area contributed by atoms with Gasteiger partial charge in [0.15, 0.2) is 0 Å². The Morgan fingerprint density at radius 3 is 2.12 bits per heavy atom. The average molecular weight is 390 g/mol. The highest BCUT2D eigenvalue weighted by Crippen LogP contribution is 2.39. The van der Waals surface area contributed by atoms with Gasteiger partial charge in [-0.2, -0.15) is 16.8 Å². The summed E-state index contributed by atoms with van der Waals surface area (Å²) < 4.78 is 65.1. The minimum atomic E-state index is -5.12. The van der Waals surface area contributed by atoms with Gasteiger partial charge in [-0.15, -0.1) is 0 Å². The highest BCUT2D eigenvalue weighted by Gasteiger charge is 2.29. The van der Waals surface area contributed by atoms with Crippen LogP contribution in [0.25, 0.3) is 10.8 Å². The fourth-order valence-electron chi connectivity index (χ4n) is 2.30. The van der Waals surface area contributed by atoms with Gasteiger partial charge in [-0.05, 0) is 12.1 Å². The second-order valence-electron chi connectivity index (χ2n) is 4.84. The van der Waals surface area contributed by atoms with E-state index in [1.54, 1.807) is 0 Å². The third kappa shape index (κ3) is 3.58. The first-order valence-electron chi connectivity index (χ1n) is 6.30. The largest absolute Gasteiger partial charge is 0.325 e. The minimum absolute atomic E-state index is 0.488. The van der Waals surface area contributed by atoms with Crippen molar-refractivity contribution in [3.63, 3.8) is 0 Å². The molecule has 1 amide bonds. The molecule has 0 unspecified atom stereocenters. The number of hydrogen-bond donors (Lipinski definition) is 3. The van der Waals surface area contributed by atoms with Crippen LogP contribution in [0.5, 0.6) is 0 Å². The molecule has 3 N–H and O–H groups in total. The summed E-state index contributed by atoms with van der Waals surface area (Å²) in [6.07, 6.45) is 0. The first kappa shape index (κ1) is 18.7. The Balaban J connectivity index is 3.18. The molecular formula is C12H10N2O9S2. The van der Waals surface area contributed by atoms with Crippen LogP contribution in [-0.2, 0) is 25.0 Å². The maximum Gasteiger partial charge on any atom is 0.297 e. The van der Waals surface area contributed by atoms with Gasteiger partial charge >= 0.3 is 0 Å². The molecule has 0 aliphatic rings. The number of hydrogen-bond acceptors (Lipinski definition) is 7. The van der Waals surface area contributed by atoms with E-state index in [1.807, 2.05) is 0 Å². The summed E-state index contributed by atoms with van der Waals surface area (Å²) >= 11 is 0. The maximum atomic E-state index is 11.8. The first-order valence-corrected chi connectivity index (χ1v) is 9.18. The average Bonchev–Trinajstić information content (AvgIpc) is 2.42. The van der Waals surface area contributed by atoms with Crippen LogP contribution in [0.2, 0.25) is 0 Å². The van der Waals surface area contributed by atoms with Gasteiger partial charge in [-0.1, -0.05) is 6.07 Å². The first-order chi connectivity index (χ1) is 11.3. The van der Waals surface area contributed by atoms with Crippen LogP contribution in [0.3, 0.4) is 0 Å². The zero-order valence-electron chi connectivity index (χ0n) is 12.3. The lowest BCUT2D eigenvalue weighted by atomic mass is 10.1. The maximum absolute atomic E-state index is 11.8. The number of nitrogens with zero attached hydrogens (tertiary/aromatic N) is 1. The Kier molecular flexibility index (Phi) is 4.52.